The Morgan fingerprint density at radius 2 is 2.39 bits per heavy atom. The van der Waals surface area contributed by atoms with E-state index in [2.05, 4.69) is 15.6 Å². The Balaban J connectivity index is 0.00000162. The van der Waals surface area contributed by atoms with Gasteiger partial charge in [0.2, 0.25) is 0 Å². The second kappa shape index (κ2) is 8.36. The number of furan rings is 1. The molecule has 1 aliphatic heterocycles. The van der Waals surface area contributed by atoms with E-state index in [1.54, 1.807) is 13.3 Å². The van der Waals surface area contributed by atoms with Crippen LogP contribution in [0.4, 0.5) is 0 Å². The van der Waals surface area contributed by atoms with E-state index in [1.807, 2.05) is 12.1 Å². The van der Waals surface area contributed by atoms with E-state index in [4.69, 9.17) is 9.15 Å². The Labute approximate surface area is 124 Å². The molecule has 0 spiro atoms. The van der Waals surface area contributed by atoms with Gasteiger partial charge in [0.05, 0.1) is 19.4 Å². The molecule has 0 aromatic carbocycles. The predicted molar refractivity (Wildman–Crippen MR) is 81.3 cm³/mol. The van der Waals surface area contributed by atoms with E-state index in [9.17, 15) is 0 Å². The van der Waals surface area contributed by atoms with Crippen molar-refractivity contribution in [3.63, 3.8) is 0 Å². The summed E-state index contributed by atoms with van der Waals surface area (Å²) in [6.07, 6.45) is 2.80. The van der Waals surface area contributed by atoms with Crippen molar-refractivity contribution in [2.45, 2.75) is 13.0 Å². The van der Waals surface area contributed by atoms with Gasteiger partial charge < -0.3 is 19.8 Å². The standard InChI is InChI=1S/C12H19N3O2.HI/c1-13-12(14-7-10-4-6-16-9-10)15-8-11-3-2-5-17-11;/h2-3,5,10H,4,6-9H2,1H3,(H2,13,14,15);1H. The monoisotopic (exact) mass is 365 g/mol. The van der Waals surface area contributed by atoms with Gasteiger partial charge in [-0.1, -0.05) is 0 Å². The molecule has 0 aliphatic carbocycles. The van der Waals surface area contributed by atoms with Crippen LogP contribution in [0.2, 0.25) is 0 Å². The fourth-order valence-corrected chi connectivity index (χ4v) is 1.79. The van der Waals surface area contributed by atoms with Crippen molar-refractivity contribution < 1.29 is 9.15 Å². The molecule has 1 fully saturated rings. The van der Waals surface area contributed by atoms with Gasteiger partial charge in [0.25, 0.3) is 0 Å². The average Bonchev–Trinajstić information content (AvgIpc) is 3.02. The SMILES string of the molecule is CN=C(NCc1ccco1)NCC1CCOC1.I. The zero-order chi connectivity index (χ0) is 11.9. The molecule has 0 amide bonds. The third-order valence-corrected chi connectivity index (χ3v) is 2.82. The van der Waals surface area contributed by atoms with Gasteiger partial charge in [0, 0.05) is 26.1 Å². The first-order chi connectivity index (χ1) is 8.38. The van der Waals surface area contributed by atoms with Crippen LogP contribution in [0.1, 0.15) is 12.2 Å². The third-order valence-electron chi connectivity index (χ3n) is 2.82. The maximum absolute atomic E-state index is 5.33. The number of halogens is 1. The van der Waals surface area contributed by atoms with Crippen LogP contribution in [0, 0.1) is 5.92 Å². The zero-order valence-corrected chi connectivity index (χ0v) is 12.8. The summed E-state index contributed by atoms with van der Waals surface area (Å²) in [4.78, 5) is 4.16. The molecule has 0 bridgehead atoms. The summed E-state index contributed by atoms with van der Waals surface area (Å²) in [6.45, 7) is 3.28. The van der Waals surface area contributed by atoms with Crippen molar-refractivity contribution in [3.8, 4) is 0 Å². The minimum absolute atomic E-state index is 0. The molecule has 102 valence electrons. The van der Waals surface area contributed by atoms with Gasteiger partial charge in [-0.3, -0.25) is 4.99 Å². The Hall–Kier alpha value is -0.760. The molecule has 1 atom stereocenters. The summed E-state index contributed by atoms with van der Waals surface area (Å²) in [5, 5.41) is 6.49. The predicted octanol–water partition coefficient (Wildman–Crippen LogP) is 1.60. The molecule has 1 aromatic heterocycles. The highest BCUT2D eigenvalue weighted by molar-refractivity contribution is 14.0. The summed E-state index contributed by atoms with van der Waals surface area (Å²) in [5.74, 6) is 2.29. The lowest BCUT2D eigenvalue weighted by molar-refractivity contribution is 0.186. The highest BCUT2D eigenvalue weighted by Crippen LogP contribution is 2.10. The molecule has 1 unspecified atom stereocenters. The Kier molecular flexibility index (Phi) is 7.11. The number of nitrogens with zero attached hydrogens (tertiary/aromatic N) is 1. The van der Waals surface area contributed by atoms with Gasteiger partial charge in [-0.25, -0.2) is 0 Å². The first-order valence-corrected chi connectivity index (χ1v) is 5.93. The summed E-state index contributed by atoms with van der Waals surface area (Å²) in [6, 6.07) is 3.81. The van der Waals surface area contributed by atoms with Gasteiger partial charge in [-0.15, -0.1) is 24.0 Å². The Morgan fingerprint density at radius 1 is 1.50 bits per heavy atom. The molecule has 6 heteroatoms. The highest BCUT2D eigenvalue weighted by Gasteiger charge is 2.15. The fourth-order valence-electron chi connectivity index (χ4n) is 1.79. The minimum atomic E-state index is 0. The topological polar surface area (TPSA) is 58.8 Å². The molecular weight excluding hydrogens is 345 g/mol. The maximum atomic E-state index is 5.33. The molecule has 5 nitrogen and oxygen atoms in total. The van der Waals surface area contributed by atoms with E-state index in [1.165, 1.54) is 0 Å². The molecule has 2 rings (SSSR count). The number of hydrogen-bond donors (Lipinski definition) is 2. The molecular formula is C12H20IN3O2. The van der Waals surface area contributed by atoms with Crippen LogP contribution < -0.4 is 10.6 Å². The van der Waals surface area contributed by atoms with Crippen molar-refractivity contribution in [2.75, 3.05) is 26.8 Å². The summed E-state index contributed by atoms with van der Waals surface area (Å²) >= 11 is 0. The lowest BCUT2D eigenvalue weighted by atomic mass is 10.1. The van der Waals surface area contributed by atoms with Gasteiger partial charge in [-0.05, 0) is 18.6 Å². The van der Waals surface area contributed by atoms with Gasteiger partial charge in [-0.2, -0.15) is 0 Å². The molecule has 0 saturated carbocycles. The third kappa shape index (κ3) is 4.85. The fraction of sp³-hybridized carbons (Fsp3) is 0.583. The van der Waals surface area contributed by atoms with Crippen LogP contribution in [0.25, 0.3) is 0 Å². The molecule has 2 heterocycles. The second-order valence-corrected chi connectivity index (χ2v) is 4.12. The molecule has 1 aromatic rings. The quantitative estimate of drug-likeness (QED) is 0.484. The van der Waals surface area contributed by atoms with Gasteiger partial charge in [0.1, 0.15) is 5.76 Å². The van der Waals surface area contributed by atoms with Crippen molar-refractivity contribution in [2.24, 2.45) is 10.9 Å². The molecule has 2 N–H and O–H groups in total. The van der Waals surface area contributed by atoms with Gasteiger partial charge in [0.15, 0.2) is 5.96 Å². The summed E-state index contributed by atoms with van der Waals surface area (Å²) < 4.78 is 10.6. The first-order valence-electron chi connectivity index (χ1n) is 5.93. The normalized spacial score (nSPS) is 19.4. The van der Waals surface area contributed by atoms with Crippen molar-refractivity contribution in [1.29, 1.82) is 0 Å². The maximum Gasteiger partial charge on any atom is 0.191 e. The summed E-state index contributed by atoms with van der Waals surface area (Å²) in [5.41, 5.74) is 0. The van der Waals surface area contributed by atoms with Crippen LogP contribution >= 0.6 is 24.0 Å². The average molecular weight is 365 g/mol. The second-order valence-electron chi connectivity index (χ2n) is 4.12. The van der Waals surface area contributed by atoms with Crippen LogP contribution in [0.15, 0.2) is 27.8 Å². The number of hydrogen-bond acceptors (Lipinski definition) is 3. The summed E-state index contributed by atoms with van der Waals surface area (Å²) in [7, 11) is 1.77. The Morgan fingerprint density at radius 3 is 3.00 bits per heavy atom. The van der Waals surface area contributed by atoms with E-state index in [0.29, 0.717) is 12.5 Å². The Bertz CT molecular complexity index is 348. The number of ether oxygens (including phenoxy) is 1. The van der Waals surface area contributed by atoms with Gasteiger partial charge >= 0.3 is 0 Å². The smallest absolute Gasteiger partial charge is 0.191 e. The number of guanidine groups is 1. The van der Waals surface area contributed by atoms with E-state index < -0.39 is 0 Å². The molecule has 18 heavy (non-hydrogen) atoms. The molecule has 1 aliphatic rings. The first kappa shape index (κ1) is 15.3. The number of rotatable bonds is 4. The number of aliphatic imine (C=N–C) groups is 1. The van der Waals surface area contributed by atoms with Crippen LogP contribution in [0.5, 0.6) is 0 Å². The minimum Gasteiger partial charge on any atom is -0.467 e. The van der Waals surface area contributed by atoms with E-state index >= 15 is 0 Å². The highest BCUT2D eigenvalue weighted by atomic mass is 127. The van der Waals surface area contributed by atoms with E-state index in [0.717, 1.165) is 37.9 Å². The molecule has 1 saturated heterocycles. The van der Waals surface area contributed by atoms with Crippen molar-refractivity contribution in [3.05, 3.63) is 24.2 Å². The van der Waals surface area contributed by atoms with Crippen molar-refractivity contribution in [1.82, 2.24) is 10.6 Å². The molecule has 0 radical (unpaired) electrons. The van der Waals surface area contributed by atoms with Crippen molar-refractivity contribution >= 4 is 29.9 Å². The number of nitrogens with one attached hydrogen (secondary N) is 2. The van der Waals surface area contributed by atoms with Crippen LogP contribution in [0.3, 0.4) is 0 Å². The van der Waals surface area contributed by atoms with Crippen LogP contribution in [-0.2, 0) is 11.3 Å². The lowest BCUT2D eigenvalue weighted by Crippen LogP contribution is -2.39. The lowest BCUT2D eigenvalue weighted by Gasteiger charge is -2.13. The zero-order valence-electron chi connectivity index (χ0n) is 10.5. The van der Waals surface area contributed by atoms with Crippen LogP contribution in [-0.4, -0.2) is 32.8 Å². The van der Waals surface area contributed by atoms with E-state index in [-0.39, 0.29) is 24.0 Å². The largest absolute Gasteiger partial charge is 0.467 e.